The van der Waals surface area contributed by atoms with Crippen molar-refractivity contribution in [2.45, 2.75) is 38.9 Å². The minimum Gasteiger partial charge on any atom is -0.438 e. The fourth-order valence-electron chi connectivity index (χ4n) is 0.177. The van der Waals surface area contributed by atoms with Crippen LogP contribution in [0.4, 0.5) is 0 Å². The second kappa shape index (κ2) is 2.31. The third-order valence-electron chi connectivity index (χ3n) is 1.83. The monoisotopic (exact) mass is 129 g/mol. The van der Waals surface area contributed by atoms with Crippen molar-refractivity contribution < 1.29 is 9.76 Å². The molecule has 0 amide bonds. The van der Waals surface area contributed by atoms with Gasteiger partial charge < -0.3 is 9.76 Å². The maximum atomic E-state index is 9.38. The molecular weight excluding hydrogens is 115 g/mol. The molecule has 9 heavy (non-hydrogen) atoms. The molecular formula is C6H14BO2. The van der Waals surface area contributed by atoms with Crippen LogP contribution in [0.15, 0.2) is 0 Å². The van der Waals surface area contributed by atoms with Crippen LogP contribution in [-0.2, 0) is 4.65 Å². The number of hydrogen-bond acceptors (Lipinski definition) is 2. The molecule has 0 spiro atoms. The minimum absolute atomic E-state index is 0.576. The maximum absolute atomic E-state index is 9.38. The molecule has 0 fully saturated rings. The van der Waals surface area contributed by atoms with E-state index in [1.807, 2.05) is 0 Å². The zero-order valence-corrected chi connectivity index (χ0v) is 6.56. The Labute approximate surface area is 57.7 Å². The molecule has 0 heterocycles. The van der Waals surface area contributed by atoms with Crippen molar-refractivity contribution in [3.63, 3.8) is 0 Å². The highest BCUT2D eigenvalue weighted by molar-refractivity contribution is 5.98. The van der Waals surface area contributed by atoms with Crippen molar-refractivity contribution in [3.05, 3.63) is 0 Å². The van der Waals surface area contributed by atoms with Crippen LogP contribution in [-0.4, -0.2) is 24.4 Å². The van der Waals surface area contributed by atoms with Gasteiger partial charge >= 0.3 is 0 Å². The van der Waals surface area contributed by atoms with Gasteiger partial charge in [0.1, 0.15) is 0 Å². The summed E-state index contributed by atoms with van der Waals surface area (Å²) in [6, 6.07) is 0. The van der Waals surface area contributed by atoms with E-state index in [0.29, 0.717) is 0 Å². The second-order valence-corrected chi connectivity index (χ2v) is 3.21. The van der Waals surface area contributed by atoms with Gasteiger partial charge in [-0.25, -0.2) is 0 Å². The Morgan fingerprint density at radius 3 is 1.56 bits per heavy atom. The van der Waals surface area contributed by atoms with Crippen LogP contribution in [0, 0.1) is 0 Å². The molecule has 0 saturated carbocycles. The summed E-state index contributed by atoms with van der Waals surface area (Å²) in [7, 11) is 3.26. The van der Waals surface area contributed by atoms with E-state index >= 15 is 0 Å². The largest absolute Gasteiger partial charge is 0.438 e. The van der Waals surface area contributed by atoms with Gasteiger partial charge in [0.15, 0.2) is 0 Å². The highest BCUT2D eigenvalue weighted by Crippen LogP contribution is 2.23. The lowest BCUT2D eigenvalue weighted by Crippen LogP contribution is -2.46. The normalized spacial score (nSPS) is 13.9. The van der Waals surface area contributed by atoms with Gasteiger partial charge in [0.2, 0.25) is 0 Å². The van der Waals surface area contributed by atoms with E-state index in [0.717, 1.165) is 0 Å². The first-order chi connectivity index (χ1) is 3.81. The Bertz CT molecular complexity index is 93.7. The zero-order chi connectivity index (χ0) is 7.71. The Morgan fingerprint density at radius 2 is 1.56 bits per heavy atom. The summed E-state index contributed by atoms with van der Waals surface area (Å²) >= 11 is 0. The molecule has 1 radical (unpaired) electrons. The Balaban J connectivity index is 4.14. The third kappa shape index (κ3) is 1.99. The van der Waals surface area contributed by atoms with Gasteiger partial charge in [-0.05, 0) is 27.7 Å². The molecule has 0 aliphatic carbocycles. The standard InChI is InChI=1S/C6H14BO2/c1-5(2,8)6(3,4)9-7/h7-8H,1-4H3. The smallest absolute Gasteiger partial charge is 0.272 e. The van der Waals surface area contributed by atoms with Crippen LogP contribution in [0.3, 0.4) is 0 Å². The van der Waals surface area contributed by atoms with Crippen LogP contribution in [0.5, 0.6) is 0 Å². The van der Waals surface area contributed by atoms with Crippen molar-refractivity contribution in [2.75, 3.05) is 0 Å². The van der Waals surface area contributed by atoms with Crippen molar-refractivity contribution in [1.29, 1.82) is 0 Å². The Kier molecular flexibility index (Phi) is 2.31. The van der Waals surface area contributed by atoms with E-state index in [2.05, 4.69) is 8.05 Å². The molecule has 2 nitrogen and oxygen atoms in total. The lowest BCUT2D eigenvalue weighted by molar-refractivity contribution is -0.0876. The van der Waals surface area contributed by atoms with Gasteiger partial charge in [-0.3, -0.25) is 0 Å². The predicted octanol–water partition coefficient (Wildman–Crippen LogP) is 0.368. The molecule has 0 aromatic carbocycles. The quantitative estimate of drug-likeness (QED) is 0.545. The average molecular weight is 129 g/mol. The van der Waals surface area contributed by atoms with Crippen molar-refractivity contribution in [2.24, 2.45) is 0 Å². The van der Waals surface area contributed by atoms with Gasteiger partial charge in [-0.2, -0.15) is 0 Å². The van der Waals surface area contributed by atoms with Crippen LogP contribution in [0.2, 0.25) is 0 Å². The first-order valence-electron chi connectivity index (χ1n) is 2.97. The van der Waals surface area contributed by atoms with E-state index in [1.165, 1.54) is 0 Å². The zero-order valence-electron chi connectivity index (χ0n) is 6.56. The topological polar surface area (TPSA) is 29.5 Å². The summed E-state index contributed by atoms with van der Waals surface area (Å²) in [5, 5.41) is 9.38. The molecule has 0 aliphatic heterocycles. The lowest BCUT2D eigenvalue weighted by atomic mass is 9.89. The molecule has 0 aromatic rings. The number of rotatable bonds is 2. The van der Waals surface area contributed by atoms with Gasteiger partial charge in [0, 0.05) is 0 Å². The van der Waals surface area contributed by atoms with Crippen LogP contribution in [0.25, 0.3) is 0 Å². The Hall–Kier alpha value is -0.0151. The Morgan fingerprint density at radius 1 is 1.22 bits per heavy atom. The van der Waals surface area contributed by atoms with Crippen LogP contribution < -0.4 is 0 Å². The van der Waals surface area contributed by atoms with Gasteiger partial charge in [0.25, 0.3) is 8.05 Å². The molecule has 0 atom stereocenters. The number of aliphatic hydroxyl groups is 1. The summed E-state index contributed by atoms with van der Waals surface area (Å²) in [6.07, 6.45) is 0. The van der Waals surface area contributed by atoms with E-state index in [-0.39, 0.29) is 0 Å². The summed E-state index contributed by atoms with van der Waals surface area (Å²) in [6.45, 7) is 6.97. The second-order valence-electron chi connectivity index (χ2n) is 3.21. The first kappa shape index (κ1) is 8.98. The fraction of sp³-hybridized carbons (Fsp3) is 1.00. The van der Waals surface area contributed by atoms with E-state index < -0.39 is 11.2 Å². The first-order valence-corrected chi connectivity index (χ1v) is 2.97. The summed E-state index contributed by atoms with van der Waals surface area (Å²) in [5.74, 6) is 0. The number of hydrogen-bond donors (Lipinski definition) is 1. The van der Waals surface area contributed by atoms with Crippen molar-refractivity contribution in [1.82, 2.24) is 0 Å². The fourth-order valence-corrected chi connectivity index (χ4v) is 0.177. The molecule has 0 aromatic heterocycles. The summed E-state index contributed by atoms with van der Waals surface area (Å²) in [4.78, 5) is 0. The summed E-state index contributed by atoms with van der Waals surface area (Å²) < 4.78 is 4.80. The van der Waals surface area contributed by atoms with Crippen molar-refractivity contribution in [3.8, 4) is 0 Å². The molecule has 0 rings (SSSR count). The molecule has 0 bridgehead atoms. The van der Waals surface area contributed by atoms with Gasteiger partial charge in [0.05, 0.1) is 11.2 Å². The predicted molar refractivity (Wildman–Crippen MR) is 38.6 cm³/mol. The molecule has 1 N–H and O–H groups in total. The SMILES string of the molecule is [BH]OC(C)(C)C(C)(C)O. The highest BCUT2D eigenvalue weighted by Gasteiger charge is 2.33. The lowest BCUT2D eigenvalue weighted by Gasteiger charge is -2.36. The molecule has 53 valence electrons. The van der Waals surface area contributed by atoms with Crippen LogP contribution >= 0.6 is 0 Å². The van der Waals surface area contributed by atoms with E-state index in [4.69, 9.17) is 4.65 Å². The van der Waals surface area contributed by atoms with Crippen molar-refractivity contribution >= 4 is 8.05 Å². The van der Waals surface area contributed by atoms with E-state index in [1.54, 1.807) is 27.7 Å². The van der Waals surface area contributed by atoms with Crippen LogP contribution in [0.1, 0.15) is 27.7 Å². The third-order valence-corrected chi connectivity index (χ3v) is 1.83. The highest BCUT2D eigenvalue weighted by atomic mass is 16.5. The maximum Gasteiger partial charge on any atom is 0.272 e. The molecule has 0 saturated heterocycles. The minimum atomic E-state index is -0.839. The summed E-state index contributed by atoms with van der Waals surface area (Å²) in [5.41, 5.74) is -1.41. The average Bonchev–Trinajstić information content (AvgIpc) is 1.64. The van der Waals surface area contributed by atoms with Gasteiger partial charge in [-0.1, -0.05) is 0 Å². The molecule has 3 heteroatoms. The van der Waals surface area contributed by atoms with Gasteiger partial charge in [-0.15, -0.1) is 0 Å². The molecule has 0 unspecified atom stereocenters. The van der Waals surface area contributed by atoms with E-state index in [9.17, 15) is 5.11 Å². The molecule has 0 aliphatic rings.